The average Bonchev–Trinajstić information content (AvgIpc) is 3.07. The van der Waals surface area contributed by atoms with Gasteiger partial charge in [-0.2, -0.15) is 0 Å². The molecule has 0 bridgehead atoms. The van der Waals surface area contributed by atoms with Gasteiger partial charge in [-0.3, -0.25) is 4.79 Å². The summed E-state index contributed by atoms with van der Waals surface area (Å²) < 4.78 is 7.62. The van der Waals surface area contributed by atoms with Gasteiger partial charge in [0.1, 0.15) is 5.75 Å². The van der Waals surface area contributed by atoms with Crippen LogP contribution in [0, 0.1) is 6.92 Å². The third-order valence-corrected chi connectivity index (χ3v) is 5.47. The zero-order valence-corrected chi connectivity index (χ0v) is 18.3. The molecular weight excluding hydrogens is 426 g/mol. The summed E-state index contributed by atoms with van der Waals surface area (Å²) in [7, 11) is 0. The van der Waals surface area contributed by atoms with Crippen molar-refractivity contribution in [3.8, 4) is 11.6 Å². The van der Waals surface area contributed by atoms with Gasteiger partial charge in [-0.1, -0.05) is 60.1 Å². The molecule has 4 aromatic rings. The van der Waals surface area contributed by atoms with E-state index in [-0.39, 0.29) is 17.1 Å². The maximum absolute atomic E-state index is 12.4. The van der Waals surface area contributed by atoms with Crippen molar-refractivity contribution in [1.82, 2.24) is 4.57 Å². The summed E-state index contributed by atoms with van der Waals surface area (Å²) in [4.78, 5) is 12.4. The normalized spacial score (nSPS) is 11.3. The Morgan fingerprint density at radius 2 is 1.75 bits per heavy atom. The zero-order chi connectivity index (χ0) is 22.5. The van der Waals surface area contributed by atoms with Crippen LogP contribution in [0.3, 0.4) is 0 Å². The van der Waals surface area contributed by atoms with Crippen LogP contribution in [0.5, 0.6) is 11.6 Å². The fraction of sp³-hybridized carbons (Fsp3) is 0.160. The molecule has 0 aliphatic carbocycles. The molecular formula is C25H22ClN3O3. The average molecular weight is 448 g/mol. The summed E-state index contributed by atoms with van der Waals surface area (Å²) in [5.74, 6) is 0.234. The molecule has 0 radical (unpaired) electrons. The van der Waals surface area contributed by atoms with Gasteiger partial charge in [0.05, 0.1) is 22.7 Å². The lowest BCUT2D eigenvalue weighted by Gasteiger charge is -2.10. The van der Waals surface area contributed by atoms with E-state index in [1.54, 1.807) is 28.8 Å². The van der Waals surface area contributed by atoms with E-state index in [9.17, 15) is 9.90 Å². The Morgan fingerprint density at radius 1 is 1.03 bits per heavy atom. The lowest BCUT2D eigenvalue weighted by atomic mass is 10.2. The predicted octanol–water partition coefficient (Wildman–Crippen LogP) is 6.70. The van der Waals surface area contributed by atoms with Gasteiger partial charge in [-0.25, -0.2) is 0 Å². The topological polar surface area (TPSA) is 76.2 Å². The highest BCUT2D eigenvalue weighted by Gasteiger charge is 2.17. The van der Waals surface area contributed by atoms with E-state index in [1.807, 2.05) is 55.5 Å². The molecule has 1 aromatic heterocycles. The third kappa shape index (κ3) is 4.50. The summed E-state index contributed by atoms with van der Waals surface area (Å²) in [5.41, 5.74) is 2.39. The van der Waals surface area contributed by atoms with E-state index in [2.05, 4.69) is 10.2 Å². The minimum absolute atomic E-state index is 0.0437. The van der Waals surface area contributed by atoms with Crippen molar-refractivity contribution in [2.75, 3.05) is 6.61 Å². The van der Waals surface area contributed by atoms with Crippen LogP contribution < -0.4 is 4.74 Å². The highest BCUT2D eigenvalue weighted by molar-refractivity contribution is 6.33. The quantitative estimate of drug-likeness (QED) is 0.253. The molecule has 0 saturated heterocycles. The first kappa shape index (κ1) is 21.6. The number of ether oxygens (including phenoxy) is 1. The van der Waals surface area contributed by atoms with Crippen LogP contribution in [-0.4, -0.2) is 22.2 Å². The number of carbonyl (C=O) groups excluding carboxylic acids is 1. The van der Waals surface area contributed by atoms with Crippen LogP contribution in [0.1, 0.15) is 22.3 Å². The van der Waals surface area contributed by atoms with Crippen molar-refractivity contribution in [1.29, 1.82) is 0 Å². The molecule has 0 aliphatic rings. The van der Waals surface area contributed by atoms with Crippen molar-refractivity contribution in [3.05, 3.63) is 88.9 Å². The Kier molecular flexibility index (Phi) is 6.52. The molecule has 1 N–H and O–H groups in total. The van der Waals surface area contributed by atoms with Crippen molar-refractivity contribution < 1.29 is 14.6 Å². The standard InChI is InChI=1S/C25H22ClN3O3/c1-17-9-2-7-14-22(17)32-16-8-15-29-21-13-6-4-11-19(21)23(25(29)31)27-28-24(30)18-10-3-5-12-20(18)26/h2-7,9-14,31H,8,15-16H2,1H3. The summed E-state index contributed by atoms with van der Waals surface area (Å²) in [5, 5.41) is 19.7. The molecule has 0 saturated carbocycles. The summed E-state index contributed by atoms with van der Waals surface area (Å²) in [6.45, 7) is 3.02. The van der Waals surface area contributed by atoms with Gasteiger partial charge < -0.3 is 14.4 Å². The highest BCUT2D eigenvalue weighted by Crippen LogP contribution is 2.39. The van der Waals surface area contributed by atoms with Gasteiger partial charge in [0, 0.05) is 11.9 Å². The maximum atomic E-state index is 12.4. The van der Waals surface area contributed by atoms with E-state index in [1.165, 1.54) is 0 Å². The molecule has 6 nitrogen and oxygen atoms in total. The number of amides is 1. The van der Waals surface area contributed by atoms with Crippen molar-refractivity contribution >= 4 is 34.1 Å². The predicted molar refractivity (Wildman–Crippen MR) is 125 cm³/mol. The van der Waals surface area contributed by atoms with Crippen LogP contribution in [-0.2, 0) is 6.54 Å². The molecule has 7 heteroatoms. The second kappa shape index (κ2) is 9.66. The molecule has 4 rings (SSSR count). The molecule has 1 amide bonds. The summed E-state index contributed by atoms with van der Waals surface area (Å²) >= 11 is 6.07. The number of aromatic hydroxyl groups is 1. The molecule has 0 spiro atoms. The van der Waals surface area contributed by atoms with Gasteiger partial charge in [-0.15, -0.1) is 10.2 Å². The van der Waals surface area contributed by atoms with Gasteiger partial charge >= 0.3 is 0 Å². The lowest BCUT2D eigenvalue weighted by molar-refractivity contribution is 0.0995. The van der Waals surface area contributed by atoms with Gasteiger partial charge in [0.2, 0.25) is 5.88 Å². The van der Waals surface area contributed by atoms with E-state index < -0.39 is 5.91 Å². The van der Waals surface area contributed by atoms with Gasteiger partial charge in [0.25, 0.3) is 5.91 Å². The number of nitrogens with zero attached hydrogens (tertiary/aromatic N) is 3. The number of fused-ring (bicyclic) bond motifs is 1. The zero-order valence-electron chi connectivity index (χ0n) is 17.5. The highest BCUT2D eigenvalue weighted by atomic mass is 35.5. The Balaban J connectivity index is 1.53. The van der Waals surface area contributed by atoms with E-state index in [0.29, 0.717) is 30.0 Å². The molecule has 0 atom stereocenters. The summed E-state index contributed by atoms with van der Waals surface area (Å²) in [6, 6.07) is 22.0. The van der Waals surface area contributed by atoms with Crippen molar-refractivity contribution in [3.63, 3.8) is 0 Å². The SMILES string of the molecule is Cc1ccccc1OCCCn1c(O)c(N=NC(=O)c2ccccc2Cl)c2ccccc21. The van der Waals surface area contributed by atoms with E-state index in [0.717, 1.165) is 16.8 Å². The number of carbonyl (C=O) groups is 1. The maximum Gasteiger partial charge on any atom is 0.296 e. The second-order valence-corrected chi connectivity index (χ2v) is 7.70. The largest absolute Gasteiger partial charge is 0.493 e. The van der Waals surface area contributed by atoms with E-state index >= 15 is 0 Å². The Morgan fingerprint density at radius 3 is 2.56 bits per heavy atom. The molecule has 162 valence electrons. The Hall–Kier alpha value is -3.64. The first-order valence-corrected chi connectivity index (χ1v) is 10.6. The molecule has 0 aliphatic heterocycles. The molecule has 0 fully saturated rings. The number of azo groups is 1. The van der Waals surface area contributed by atoms with Gasteiger partial charge in [0.15, 0.2) is 5.69 Å². The lowest BCUT2D eigenvalue weighted by Crippen LogP contribution is -2.04. The first-order chi connectivity index (χ1) is 15.6. The number of rotatable bonds is 7. The molecule has 32 heavy (non-hydrogen) atoms. The fourth-order valence-electron chi connectivity index (χ4n) is 3.50. The first-order valence-electron chi connectivity index (χ1n) is 10.3. The Labute approximate surface area is 190 Å². The number of para-hydroxylation sites is 2. The number of benzene rings is 3. The summed E-state index contributed by atoms with van der Waals surface area (Å²) in [6.07, 6.45) is 0.676. The molecule has 1 heterocycles. The van der Waals surface area contributed by atoms with Crippen LogP contribution in [0.2, 0.25) is 5.02 Å². The van der Waals surface area contributed by atoms with Crippen molar-refractivity contribution in [2.45, 2.75) is 19.9 Å². The van der Waals surface area contributed by atoms with Crippen molar-refractivity contribution in [2.24, 2.45) is 10.2 Å². The Bertz CT molecular complexity index is 1300. The number of aryl methyl sites for hydroxylation is 2. The molecule has 3 aromatic carbocycles. The third-order valence-electron chi connectivity index (χ3n) is 5.14. The number of halogens is 1. The van der Waals surface area contributed by atoms with Crippen LogP contribution in [0.15, 0.2) is 83.0 Å². The van der Waals surface area contributed by atoms with Gasteiger partial charge in [-0.05, 0) is 43.2 Å². The number of hydrogen-bond donors (Lipinski definition) is 1. The van der Waals surface area contributed by atoms with Crippen LogP contribution in [0.4, 0.5) is 5.69 Å². The second-order valence-electron chi connectivity index (χ2n) is 7.29. The minimum atomic E-state index is -0.571. The van der Waals surface area contributed by atoms with Crippen LogP contribution in [0.25, 0.3) is 10.9 Å². The number of aromatic nitrogens is 1. The fourth-order valence-corrected chi connectivity index (χ4v) is 3.72. The number of hydrogen-bond acceptors (Lipinski definition) is 4. The monoisotopic (exact) mass is 447 g/mol. The minimum Gasteiger partial charge on any atom is -0.493 e. The van der Waals surface area contributed by atoms with Crippen LogP contribution >= 0.6 is 11.6 Å². The smallest absolute Gasteiger partial charge is 0.296 e. The molecule has 0 unspecified atom stereocenters. The van der Waals surface area contributed by atoms with E-state index in [4.69, 9.17) is 16.3 Å².